The first-order chi connectivity index (χ1) is 10.6. The van der Waals surface area contributed by atoms with Gasteiger partial charge in [-0.1, -0.05) is 42.5 Å². The van der Waals surface area contributed by atoms with Crippen molar-refractivity contribution in [1.82, 2.24) is 0 Å². The summed E-state index contributed by atoms with van der Waals surface area (Å²) >= 11 is 0. The average molecular weight is 300 g/mol. The van der Waals surface area contributed by atoms with Crippen molar-refractivity contribution in [2.45, 2.75) is 13.0 Å². The Labute approximate surface area is 128 Å². The maximum Gasteiger partial charge on any atom is 0.342 e. The minimum absolute atomic E-state index is 0.0103. The topological polar surface area (TPSA) is 72.8 Å². The number of hydrogen-bond donors (Lipinski definition) is 1. The zero-order valence-electron chi connectivity index (χ0n) is 12.1. The molecule has 0 bridgehead atoms. The Kier molecular flexibility index (Phi) is 5.14. The van der Waals surface area contributed by atoms with Gasteiger partial charge in [-0.05, 0) is 17.2 Å². The highest BCUT2D eigenvalue weighted by Gasteiger charge is 2.19. The molecule has 0 heterocycles. The lowest BCUT2D eigenvalue weighted by Crippen LogP contribution is -2.12. The SMILES string of the molecule is COC(=O)Cc1cccc(O)c1C(=O)OCc1ccccc1. The number of hydrogen-bond acceptors (Lipinski definition) is 5. The monoisotopic (exact) mass is 300 g/mol. The number of methoxy groups -OCH3 is 1. The van der Waals surface area contributed by atoms with E-state index in [-0.39, 0.29) is 24.3 Å². The summed E-state index contributed by atoms with van der Waals surface area (Å²) in [5, 5.41) is 9.89. The van der Waals surface area contributed by atoms with Crippen LogP contribution in [-0.2, 0) is 27.3 Å². The quantitative estimate of drug-likeness (QED) is 0.859. The second-order valence-corrected chi connectivity index (χ2v) is 4.63. The fourth-order valence-electron chi connectivity index (χ4n) is 1.99. The highest BCUT2D eigenvalue weighted by molar-refractivity contribution is 5.95. The smallest absolute Gasteiger partial charge is 0.342 e. The van der Waals surface area contributed by atoms with E-state index in [0.717, 1.165) is 5.56 Å². The normalized spacial score (nSPS) is 10.0. The molecule has 0 fully saturated rings. The zero-order valence-corrected chi connectivity index (χ0v) is 12.1. The number of ether oxygens (including phenoxy) is 2. The first-order valence-corrected chi connectivity index (χ1v) is 6.70. The van der Waals surface area contributed by atoms with Gasteiger partial charge in [-0.2, -0.15) is 0 Å². The third-order valence-electron chi connectivity index (χ3n) is 3.11. The Morgan fingerprint density at radius 3 is 2.45 bits per heavy atom. The first kappa shape index (κ1) is 15.6. The maximum absolute atomic E-state index is 12.2. The molecule has 0 saturated heterocycles. The van der Waals surface area contributed by atoms with Crippen molar-refractivity contribution < 1.29 is 24.2 Å². The van der Waals surface area contributed by atoms with Crippen molar-refractivity contribution in [2.75, 3.05) is 7.11 Å². The molecule has 0 atom stereocenters. The highest BCUT2D eigenvalue weighted by Crippen LogP contribution is 2.23. The Morgan fingerprint density at radius 2 is 1.77 bits per heavy atom. The van der Waals surface area contributed by atoms with E-state index in [2.05, 4.69) is 4.74 Å². The fourth-order valence-corrected chi connectivity index (χ4v) is 1.99. The number of esters is 2. The molecule has 0 aliphatic heterocycles. The molecule has 0 unspecified atom stereocenters. The van der Waals surface area contributed by atoms with Gasteiger partial charge >= 0.3 is 11.9 Å². The number of carbonyl (C=O) groups is 2. The number of benzene rings is 2. The average Bonchev–Trinajstić information content (AvgIpc) is 2.53. The van der Waals surface area contributed by atoms with E-state index in [1.807, 2.05) is 30.3 Å². The van der Waals surface area contributed by atoms with Crippen LogP contribution in [0.5, 0.6) is 5.75 Å². The van der Waals surface area contributed by atoms with Crippen LogP contribution in [0.25, 0.3) is 0 Å². The van der Waals surface area contributed by atoms with Crippen LogP contribution in [0, 0.1) is 0 Å². The Balaban J connectivity index is 2.16. The summed E-state index contributed by atoms with van der Waals surface area (Å²) in [6.45, 7) is 0.0890. The van der Waals surface area contributed by atoms with Gasteiger partial charge in [-0.3, -0.25) is 4.79 Å². The zero-order chi connectivity index (χ0) is 15.9. The van der Waals surface area contributed by atoms with Crippen LogP contribution in [0.1, 0.15) is 21.5 Å². The van der Waals surface area contributed by atoms with Crippen LogP contribution in [-0.4, -0.2) is 24.2 Å². The van der Waals surface area contributed by atoms with Gasteiger partial charge in [-0.25, -0.2) is 4.79 Å². The fraction of sp³-hybridized carbons (Fsp3) is 0.176. The van der Waals surface area contributed by atoms with Crippen LogP contribution in [0.15, 0.2) is 48.5 Å². The van der Waals surface area contributed by atoms with Crippen molar-refractivity contribution in [3.05, 3.63) is 65.2 Å². The summed E-state index contributed by atoms with van der Waals surface area (Å²) in [4.78, 5) is 23.6. The number of phenolic OH excluding ortho intramolecular Hbond substituents is 1. The van der Waals surface area contributed by atoms with Crippen molar-refractivity contribution >= 4 is 11.9 Å². The second-order valence-electron chi connectivity index (χ2n) is 4.63. The molecule has 2 aromatic rings. The lowest BCUT2D eigenvalue weighted by atomic mass is 10.0. The molecule has 22 heavy (non-hydrogen) atoms. The molecule has 0 spiro atoms. The number of rotatable bonds is 5. The van der Waals surface area contributed by atoms with Crippen molar-refractivity contribution in [3.63, 3.8) is 0 Å². The number of phenols is 1. The molecule has 0 aliphatic carbocycles. The van der Waals surface area contributed by atoms with Gasteiger partial charge in [0.05, 0.1) is 13.5 Å². The molecular weight excluding hydrogens is 284 g/mol. The second kappa shape index (κ2) is 7.26. The van der Waals surface area contributed by atoms with Gasteiger partial charge in [0.15, 0.2) is 0 Å². The molecule has 2 aromatic carbocycles. The lowest BCUT2D eigenvalue weighted by Gasteiger charge is -2.10. The van der Waals surface area contributed by atoms with E-state index in [0.29, 0.717) is 5.56 Å². The number of aromatic hydroxyl groups is 1. The van der Waals surface area contributed by atoms with E-state index in [1.54, 1.807) is 12.1 Å². The van der Waals surface area contributed by atoms with Gasteiger partial charge in [0.1, 0.15) is 17.9 Å². The molecule has 0 amide bonds. The van der Waals surface area contributed by atoms with E-state index in [4.69, 9.17) is 4.74 Å². The summed E-state index contributed by atoms with van der Waals surface area (Å²) in [5.41, 5.74) is 1.19. The minimum Gasteiger partial charge on any atom is -0.507 e. The minimum atomic E-state index is -0.680. The molecule has 1 N–H and O–H groups in total. The van der Waals surface area contributed by atoms with E-state index in [9.17, 15) is 14.7 Å². The third kappa shape index (κ3) is 3.85. The maximum atomic E-state index is 12.2. The van der Waals surface area contributed by atoms with Crippen molar-refractivity contribution in [3.8, 4) is 5.75 Å². The highest BCUT2D eigenvalue weighted by atomic mass is 16.5. The summed E-state index contributed by atoms with van der Waals surface area (Å²) in [6.07, 6.45) is -0.110. The van der Waals surface area contributed by atoms with Gasteiger partial charge in [0.25, 0.3) is 0 Å². The molecule has 0 aromatic heterocycles. The lowest BCUT2D eigenvalue weighted by molar-refractivity contribution is -0.139. The molecule has 2 rings (SSSR count). The molecule has 5 heteroatoms. The largest absolute Gasteiger partial charge is 0.507 e. The van der Waals surface area contributed by atoms with Gasteiger partial charge in [0, 0.05) is 0 Å². The van der Waals surface area contributed by atoms with E-state index >= 15 is 0 Å². The Morgan fingerprint density at radius 1 is 1.05 bits per heavy atom. The first-order valence-electron chi connectivity index (χ1n) is 6.70. The molecule has 5 nitrogen and oxygen atoms in total. The van der Waals surface area contributed by atoms with E-state index < -0.39 is 11.9 Å². The number of carbonyl (C=O) groups excluding carboxylic acids is 2. The molecule has 0 aliphatic rings. The van der Waals surface area contributed by atoms with Gasteiger partial charge < -0.3 is 14.6 Å². The standard InChI is InChI=1S/C17H16O5/c1-21-15(19)10-13-8-5-9-14(18)16(13)17(20)22-11-12-6-3-2-4-7-12/h2-9,18H,10-11H2,1H3. The van der Waals surface area contributed by atoms with Gasteiger partial charge in [-0.15, -0.1) is 0 Å². The molecule has 0 saturated carbocycles. The Bertz CT molecular complexity index is 664. The van der Waals surface area contributed by atoms with Crippen LogP contribution >= 0.6 is 0 Å². The predicted molar refractivity (Wildman–Crippen MR) is 79.4 cm³/mol. The van der Waals surface area contributed by atoms with E-state index in [1.165, 1.54) is 13.2 Å². The Hall–Kier alpha value is -2.82. The molecule has 114 valence electrons. The summed E-state index contributed by atoms with van der Waals surface area (Å²) in [7, 11) is 1.26. The van der Waals surface area contributed by atoms with Crippen LogP contribution in [0.3, 0.4) is 0 Å². The van der Waals surface area contributed by atoms with Crippen LogP contribution < -0.4 is 0 Å². The van der Waals surface area contributed by atoms with Crippen molar-refractivity contribution in [2.24, 2.45) is 0 Å². The van der Waals surface area contributed by atoms with Crippen LogP contribution in [0.2, 0.25) is 0 Å². The summed E-state index contributed by atoms with van der Waals surface area (Å²) in [5.74, 6) is -1.40. The summed E-state index contributed by atoms with van der Waals surface area (Å²) in [6, 6.07) is 13.7. The van der Waals surface area contributed by atoms with Crippen LogP contribution in [0.4, 0.5) is 0 Å². The predicted octanol–water partition coefficient (Wildman–Crippen LogP) is 2.46. The third-order valence-corrected chi connectivity index (χ3v) is 3.11. The molecular formula is C17H16O5. The van der Waals surface area contributed by atoms with Gasteiger partial charge in [0.2, 0.25) is 0 Å². The molecule has 0 radical (unpaired) electrons. The van der Waals surface area contributed by atoms with Crippen molar-refractivity contribution in [1.29, 1.82) is 0 Å². The summed E-state index contributed by atoms with van der Waals surface area (Å²) < 4.78 is 9.79.